The van der Waals surface area contributed by atoms with E-state index >= 15 is 0 Å². The first-order chi connectivity index (χ1) is 4.12. The van der Waals surface area contributed by atoms with Gasteiger partial charge in [0.2, 0.25) is 0 Å². The Balaban J connectivity index is 3.33. The van der Waals surface area contributed by atoms with Crippen LogP contribution in [0.3, 0.4) is 0 Å². The average molecular weight is 244 g/mol. The fourth-order valence-electron chi connectivity index (χ4n) is 0.281. The first-order valence-electron chi connectivity index (χ1n) is 3.04. The zero-order valence-electron chi connectivity index (χ0n) is 6.28. The summed E-state index contributed by atoms with van der Waals surface area (Å²) in [5, 5.41) is 0. The van der Waals surface area contributed by atoms with Crippen LogP contribution in [0.15, 0.2) is 0 Å². The van der Waals surface area contributed by atoms with Crippen LogP contribution in [0.1, 0.15) is 27.2 Å². The predicted molar refractivity (Wildman–Crippen MR) is 34.5 cm³/mol. The molecule has 0 saturated carbocycles. The van der Waals surface area contributed by atoms with Crippen molar-refractivity contribution in [3.63, 3.8) is 0 Å². The predicted octanol–water partition coefficient (Wildman–Crippen LogP) is -1.89. The number of nitrogens with two attached hydrogens (primary N) is 1. The van der Waals surface area contributed by atoms with Gasteiger partial charge in [0.1, 0.15) is 0 Å². The molecule has 0 aliphatic carbocycles. The standard InChI is InChI=1S/C6H15INO/c1-4-6(2,3)9-5-7-8/h4-5,8H2,1-3H3/q-1. The third kappa shape index (κ3) is 5.11. The molecule has 0 amide bonds. The third-order valence-electron chi connectivity index (χ3n) is 1.36. The second-order valence-electron chi connectivity index (χ2n) is 2.52. The summed E-state index contributed by atoms with van der Waals surface area (Å²) in [6.07, 6.45) is 1.05. The topological polar surface area (TPSA) is 35.2 Å². The molecule has 0 bridgehead atoms. The molecule has 0 saturated heterocycles. The molecule has 3 heteroatoms. The third-order valence-corrected chi connectivity index (χ3v) is 2.03. The molecule has 9 heavy (non-hydrogen) atoms. The summed E-state index contributed by atoms with van der Waals surface area (Å²) in [5.41, 5.74) is 0.0408. The van der Waals surface area contributed by atoms with Gasteiger partial charge in [-0.05, 0) is 0 Å². The summed E-state index contributed by atoms with van der Waals surface area (Å²) in [7, 11) is 0. The first-order valence-corrected chi connectivity index (χ1v) is 5.81. The SMILES string of the molecule is CCC(C)(C)OC[I-]N. The van der Waals surface area contributed by atoms with Gasteiger partial charge in [0, 0.05) is 0 Å². The molecule has 0 atom stereocenters. The van der Waals surface area contributed by atoms with E-state index in [-0.39, 0.29) is 27.1 Å². The van der Waals surface area contributed by atoms with E-state index in [4.69, 9.17) is 8.68 Å². The molecular weight excluding hydrogens is 229 g/mol. The molecule has 0 aromatic heterocycles. The molecule has 0 aliphatic rings. The van der Waals surface area contributed by atoms with Crippen LogP contribution in [-0.4, -0.2) is 10.2 Å². The maximum absolute atomic E-state index is 5.45. The Morgan fingerprint density at radius 3 is 2.44 bits per heavy atom. The Kier molecular flexibility index (Phi) is 4.79. The molecule has 2 N–H and O–H groups in total. The van der Waals surface area contributed by atoms with E-state index < -0.39 is 0 Å². The molecule has 0 unspecified atom stereocenters. The van der Waals surface area contributed by atoms with Gasteiger partial charge >= 0.3 is 67.6 Å². The number of alkyl halides is 1. The van der Waals surface area contributed by atoms with Crippen molar-refractivity contribution in [1.82, 2.24) is 0 Å². The second kappa shape index (κ2) is 4.46. The average Bonchev–Trinajstić information content (AvgIpc) is 1.84. The van der Waals surface area contributed by atoms with Gasteiger partial charge < -0.3 is 0 Å². The molecule has 0 aliphatic heterocycles. The van der Waals surface area contributed by atoms with Crippen LogP contribution in [0.4, 0.5) is 0 Å². The van der Waals surface area contributed by atoms with Crippen LogP contribution < -0.4 is 25.4 Å². The molecule has 0 aromatic rings. The van der Waals surface area contributed by atoms with Gasteiger partial charge in [-0.3, -0.25) is 0 Å². The molecule has 58 valence electrons. The van der Waals surface area contributed by atoms with Crippen molar-refractivity contribution in [3.8, 4) is 0 Å². The van der Waals surface area contributed by atoms with Crippen LogP contribution in [-0.2, 0) is 4.74 Å². The normalized spacial score (nSPS) is 12.4. The zero-order chi connectivity index (χ0) is 7.33. The monoisotopic (exact) mass is 244 g/mol. The van der Waals surface area contributed by atoms with Crippen molar-refractivity contribution >= 4 is 0 Å². The van der Waals surface area contributed by atoms with Gasteiger partial charge in [-0.2, -0.15) is 0 Å². The van der Waals surface area contributed by atoms with Gasteiger partial charge in [-0.1, -0.05) is 0 Å². The Bertz CT molecular complexity index is 75.5. The van der Waals surface area contributed by atoms with Crippen molar-refractivity contribution in [3.05, 3.63) is 0 Å². The van der Waals surface area contributed by atoms with E-state index in [0.717, 1.165) is 11.0 Å². The van der Waals surface area contributed by atoms with E-state index in [1.54, 1.807) is 0 Å². The summed E-state index contributed by atoms with van der Waals surface area (Å²) in [4.78, 5) is 0. The van der Waals surface area contributed by atoms with Gasteiger partial charge in [-0.25, -0.2) is 0 Å². The van der Waals surface area contributed by atoms with E-state index in [0.29, 0.717) is 0 Å². The molecule has 0 radical (unpaired) electrons. The minimum absolute atomic E-state index is 0.0408. The van der Waals surface area contributed by atoms with Gasteiger partial charge in [-0.15, -0.1) is 0 Å². The van der Waals surface area contributed by atoms with Crippen molar-refractivity contribution < 1.29 is 26.2 Å². The van der Waals surface area contributed by atoms with Gasteiger partial charge in [0.05, 0.1) is 0 Å². The molecule has 0 heterocycles. The van der Waals surface area contributed by atoms with E-state index in [1.807, 2.05) is 0 Å². The maximum atomic E-state index is 5.45. The van der Waals surface area contributed by atoms with Crippen molar-refractivity contribution in [1.29, 1.82) is 0 Å². The molecule has 0 fully saturated rings. The van der Waals surface area contributed by atoms with Gasteiger partial charge in [0.15, 0.2) is 0 Å². The van der Waals surface area contributed by atoms with Crippen LogP contribution in [0.25, 0.3) is 0 Å². The summed E-state index contributed by atoms with van der Waals surface area (Å²) in [5.74, 6) is 0. The summed E-state index contributed by atoms with van der Waals surface area (Å²) in [6, 6.07) is 0. The fraction of sp³-hybridized carbons (Fsp3) is 1.00. The number of hydrogen-bond acceptors (Lipinski definition) is 2. The molecule has 2 nitrogen and oxygen atoms in total. The summed E-state index contributed by atoms with van der Waals surface area (Å²) in [6.45, 7) is 6.30. The Morgan fingerprint density at radius 2 is 2.11 bits per heavy atom. The van der Waals surface area contributed by atoms with E-state index in [1.165, 1.54) is 0 Å². The molecule has 0 rings (SSSR count). The quantitative estimate of drug-likeness (QED) is 0.356. The number of hydrogen-bond donors (Lipinski definition) is 1. The number of halogens is 1. The van der Waals surface area contributed by atoms with Gasteiger partial charge in [0.25, 0.3) is 0 Å². The number of rotatable bonds is 4. The molecular formula is C6H15INO-. The Labute approximate surface area is 67.8 Å². The van der Waals surface area contributed by atoms with Crippen LogP contribution >= 0.6 is 0 Å². The van der Waals surface area contributed by atoms with Crippen LogP contribution in [0.2, 0.25) is 0 Å². The minimum atomic E-state index is -0.187. The van der Waals surface area contributed by atoms with E-state index in [9.17, 15) is 0 Å². The van der Waals surface area contributed by atoms with Crippen LogP contribution in [0.5, 0.6) is 0 Å². The fourth-order valence-corrected chi connectivity index (χ4v) is 1.30. The first kappa shape index (κ1) is 9.65. The van der Waals surface area contributed by atoms with E-state index in [2.05, 4.69) is 20.8 Å². The second-order valence-corrected chi connectivity index (χ2v) is 4.02. The van der Waals surface area contributed by atoms with Crippen molar-refractivity contribution in [2.45, 2.75) is 32.8 Å². The molecule has 0 spiro atoms. The zero-order valence-corrected chi connectivity index (χ0v) is 8.44. The Hall–Kier alpha value is 0.650. The number of ether oxygens (including phenoxy) is 1. The molecule has 0 aromatic carbocycles. The summed E-state index contributed by atoms with van der Waals surface area (Å²) >= 11 is -0.187. The van der Waals surface area contributed by atoms with Crippen LogP contribution in [0, 0.1) is 0 Å². The van der Waals surface area contributed by atoms with Crippen molar-refractivity contribution in [2.75, 3.05) is 4.61 Å². The summed E-state index contributed by atoms with van der Waals surface area (Å²) < 4.78 is 11.6. The van der Waals surface area contributed by atoms with Crippen molar-refractivity contribution in [2.24, 2.45) is 3.95 Å². The Morgan fingerprint density at radius 1 is 1.56 bits per heavy atom.